The largest absolute Gasteiger partial charge is 0.369 e. The first-order valence-electron chi connectivity index (χ1n) is 7.40. The normalized spacial score (nSPS) is 18.3. The lowest BCUT2D eigenvalue weighted by molar-refractivity contribution is -0.156. The van der Waals surface area contributed by atoms with E-state index in [0.717, 1.165) is 5.56 Å². The van der Waals surface area contributed by atoms with Crippen LogP contribution in [0.1, 0.15) is 5.56 Å². The molecule has 0 radical (unpaired) electrons. The van der Waals surface area contributed by atoms with E-state index in [9.17, 15) is 9.59 Å². The summed E-state index contributed by atoms with van der Waals surface area (Å²) in [7, 11) is 2.99. The SMILES string of the molecule is COC(CNC(=O)[C@@H]1COCC(=O)N1Cc1ccccc1)OC. The molecule has 0 bridgehead atoms. The topological polar surface area (TPSA) is 77.1 Å². The van der Waals surface area contributed by atoms with Crippen LogP contribution in [0.3, 0.4) is 0 Å². The Balaban J connectivity index is 2.01. The molecule has 2 amide bonds. The highest BCUT2D eigenvalue weighted by Crippen LogP contribution is 2.13. The van der Waals surface area contributed by atoms with Gasteiger partial charge in [-0.1, -0.05) is 30.3 Å². The molecule has 23 heavy (non-hydrogen) atoms. The Labute approximate surface area is 135 Å². The van der Waals surface area contributed by atoms with Crippen molar-refractivity contribution in [2.45, 2.75) is 18.9 Å². The number of ether oxygens (including phenoxy) is 3. The number of carbonyl (C=O) groups excluding carboxylic acids is 2. The van der Waals surface area contributed by atoms with E-state index in [1.807, 2.05) is 30.3 Å². The van der Waals surface area contributed by atoms with Crippen LogP contribution in [0.15, 0.2) is 30.3 Å². The van der Waals surface area contributed by atoms with Gasteiger partial charge in [0.15, 0.2) is 6.29 Å². The number of rotatable bonds is 7. The van der Waals surface area contributed by atoms with Crippen molar-refractivity contribution >= 4 is 11.8 Å². The molecule has 1 fully saturated rings. The molecule has 0 aliphatic carbocycles. The van der Waals surface area contributed by atoms with Crippen molar-refractivity contribution in [3.05, 3.63) is 35.9 Å². The molecule has 0 aromatic heterocycles. The number of carbonyl (C=O) groups is 2. The third-order valence-electron chi connectivity index (χ3n) is 3.66. The van der Waals surface area contributed by atoms with E-state index in [4.69, 9.17) is 14.2 Å². The van der Waals surface area contributed by atoms with E-state index in [2.05, 4.69) is 5.32 Å². The molecule has 7 heteroatoms. The van der Waals surface area contributed by atoms with E-state index in [1.165, 1.54) is 14.2 Å². The molecule has 0 saturated carbocycles. The molecular weight excluding hydrogens is 300 g/mol. The van der Waals surface area contributed by atoms with Gasteiger partial charge in [0.25, 0.3) is 0 Å². The van der Waals surface area contributed by atoms with Gasteiger partial charge in [-0.25, -0.2) is 0 Å². The number of nitrogens with one attached hydrogen (secondary N) is 1. The Morgan fingerprint density at radius 1 is 1.35 bits per heavy atom. The van der Waals surface area contributed by atoms with Gasteiger partial charge in [-0.05, 0) is 5.56 Å². The zero-order valence-electron chi connectivity index (χ0n) is 13.4. The van der Waals surface area contributed by atoms with Gasteiger partial charge in [0, 0.05) is 20.8 Å². The van der Waals surface area contributed by atoms with E-state index >= 15 is 0 Å². The zero-order valence-corrected chi connectivity index (χ0v) is 13.4. The van der Waals surface area contributed by atoms with Crippen LogP contribution in [0.25, 0.3) is 0 Å². The maximum atomic E-state index is 12.4. The van der Waals surface area contributed by atoms with E-state index in [1.54, 1.807) is 4.90 Å². The second kappa shape index (κ2) is 8.61. The Kier molecular flexibility index (Phi) is 6.52. The van der Waals surface area contributed by atoms with Gasteiger partial charge in [0.1, 0.15) is 12.6 Å². The first kappa shape index (κ1) is 17.4. The molecule has 1 aliphatic heterocycles. The maximum Gasteiger partial charge on any atom is 0.249 e. The summed E-state index contributed by atoms with van der Waals surface area (Å²) in [6, 6.07) is 8.89. The predicted octanol–water partition coefficient (Wildman–Crippen LogP) is 0.149. The minimum Gasteiger partial charge on any atom is -0.369 e. The number of methoxy groups -OCH3 is 2. The Bertz CT molecular complexity index is 518. The molecule has 1 aromatic carbocycles. The molecule has 0 unspecified atom stereocenters. The van der Waals surface area contributed by atoms with Gasteiger partial charge >= 0.3 is 0 Å². The third-order valence-corrected chi connectivity index (χ3v) is 3.66. The monoisotopic (exact) mass is 322 g/mol. The predicted molar refractivity (Wildman–Crippen MR) is 82.4 cm³/mol. The van der Waals surface area contributed by atoms with Crippen LogP contribution < -0.4 is 5.32 Å². The van der Waals surface area contributed by atoms with Crippen LogP contribution in [-0.2, 0) is 30.3 Å². The number of amides is 2. The Morgan fingerprint density at radius 3 is 2.70 bits per heavy atom. The van der Waals surface area contributed by atoms with Crippen molar-refractivity contribution in [3.8, 4) is 0 Å². The molecule has 0 spiro atoms. The summed E-state index contributed by atoms with van der Waals surface area (Å²) in [5.74, 6) is -0.483. The maximum absolute atomic E-state index is 12.4. The van der Waals surface area contributed by atoms with Gasteiger partial charge in [-0.2, -0.15) is 0 Å². The quantitative estimate of drug-likeness (QED) is 0.723. The van der Waals surface area contributed by atoms with Crippen LogP contribution in [0.4, 0.5) is 0 Å². The van der Waals surface area contributed by atoms with Crippen molar-refractivity contribution in [3.63, 3.8) is 0 Å². The molecular formula is C16H22N2O5. The van der Waals surface area contributed by atoms with Crippen molar-refractivity contribution in [2.75, 3.05) is 34.0 Å². The second-order valence-electron chi connectivity index (χ2n) is 5.18. The average molecular weight is 322 g/mol. The number of benzene rings is 1. The summed E-state index contributed by atoms with van der Waals surface area (Å²) in [5.41, 5.74) is 0.965. The summed E-state index contributed by atoms with van der Waals surface area (Å²) in [4.78, 5) is 26.1. The minimum absolute atomic E-state index is 0.00458. The summed E-state index contributed by atoms with van der Waals surface area (Å²) in [5, 5.41) is 2.73. The van der Waals surface area contributed by atoms with Crippen molar-refractivity contribution in [1.29, 1.82) is 0 Å². The zero-order chi connectivity index (χ0) is 16.7. The lowest BCUT2D eigenvalue weighted by Crippen LogP contribution is -2.56. The fraction of sp³-hybridized carbons (Fsp3) is 0.500. The fourth-order valence-corrected chi connectivity index (χ4v) is 2.36. The highest BCUT2D eigenvalue weighted by Gasteiger charge is 2.34. The number of morpholine rings is 1. The van der Waals surface area contributed by atoms with Gasteiger partial charge in [0.2, 0.25) is 11.8 Å². The van der Waals surface area contributed by atoms with E-state index in [0.29, 0.717) is 6.54 Å². The van der Waals surface area contributed by atoms with Crippen LogP contribution in [0, 0.1) is 0 Å². The first-order chi connectivity index (χ1) is 11.2. The van der Waals surface area contributed by atoms with Crippen LogP contribution in [0.2, 0.25) is 0 Å². The van der Waals surface area contributed by atoms with Crippen LogP contribution in [-0.4, -0.2) is 63.0 Å². The van der Waals surface area contributed by atoms with Crippen molar-refractivity contribution in [2.24, 2.45) is 0 Å². The lowest BCUT2D eigenvalue weighted by atomic mass is 10.1. The molecule has 126 valence electrons. The van der Waals surface area contributed by atoms with Gasteiger partial charge in [-0.3, -0.25) is 9.59 Å². The van der Waals surface area contributed by atoms with Gasteiger partial charge in [0.05, 0.1) is 13.2 Å². The molecule has 1 aromatic rings. The molecule has 1 saturated heterocycles. The standard InChI is InChI=1S/C16H22N2O5/c1-21-15(22-2)8-17-16(20)13-10-23-11-14(19)18(13)9-12-6-4-3-5-7-12/h3-7,13,15H,8-11H2,1-2H3,(H,17,20)/t13-/m0/s1. The smallest absolute Gasteiger partial charge is 0.249 e. The number of hydrogen-bond acceptors (Lipinski definition) is 5. The highest BCUT2D eigenvalue weighted by atomic mass is 16.7. The van der Waals surface area contributed by atoms with Crippen LogP contribution in [0.5, 0.6) is 0 Å². The van der Waals surface area contributed by atoms with E-state index < -0.39 is 12.3 Å². The van der Waals surface area contributed by atoms with Gasteiger partial charge < -0.3 is 24.4 Å². The Hall–Kier alpha value is -1.96. The van der Waals surface area contributed by atoms with Crippen molar-refractivity contribution in [1.82, 2.24) is 10.2 Å². The number of hydrogen-bond donors (Lipinski definition) is 1. The fourth-order valence-electron chi connectivity index (χ4n) is 2.36. The average Bonchev–Trinajstić information content (AvgIpc) is 2.58. The Morgan fingerprint density at radius 2 is 2.04 bits per heavy atom. The molecule has 2 rings (SSSR count). The van der Waals surface area contributed by atoms with E-state index in [-0.39, 0.29) is 31.6 Å². The van der Waals surface area contributed by atoms with Crippen LogP contribution >= 0.6 is 0 Å². The third kappa shape index (κ3) is 4.75. The molecule has 1 N–H and O–H groups in total. The molecule has 7 nitrogen and oxygen atoms in total. The number of nitrogens with zero attached hydrogens (tertiary/aromatic N) is 1. The lowest BCUT2D eigenvalue weighted by Gasteiger charge is -2.34. The summed E-state index contributed by atoms with van der Waals surface area (Å²) in [6.07, 6.45) is -0.526. The highest BCUT2D eigenvalue weighted by molar-refractivity contribution is 5.89. The minimum atomic E-state index is -0.661. The second-order valence-corrected chi connectivity index (χ2v) is 5.18. The van der Waals surface area contributed by atoms with Crippen molar-refractivity contribution < 1.29 is 23.8 Å². The molecule has 1 atom stereocenters. The summed E-state index contributed by atoms with van der Waals surface area (Å²) >= 11 is 0. The molecule has 1 aliphatic rings. The summed E-state index contributed by atoms with van der Waals surface area (Å²) in [6.45, 7) is 0.749. The summed E-state index contributed by atoms with van der Waals surface area (Å²) < 4.78 is 15.3. The molecule has 1 heterocycles. The van der Waals surface area contributed by atoms with Gasteiger partial charge in [-0.15, -0.1) is 0 Å². The first-order valence-corrected chi connectivity index (χ1v) is 7.40.